The quantitative estimate of drug-likeness (QED) is 0.331. The van der Waals surface area contributed by atoms with E-state index in [1.807, 2.05) is 11.9 Å². The van der Waals surface area contributed by atoms with E-state index >= 15 is 0 Å². The van der Waals surface area contributed by atoms with Crippen molar-refractivity contribution in [3.05, 3.63) is 52.2 Å². The number of fused-ring (bicyclic) bond motifs is 1. The van der Waals surface area contributed by atoms with Gasteiger partial charge < -0.3 is 15.1 Å². The normalized spacial score (nSPS) is 19.6. The molecule has 30 heavy (non-hydrogen) atoms. The van der Waals surface area contributed by atoms with Gasteiger partial charge in [-0.25, -0.2) is 0 Å². The fourth-order valence-corrected chi connectivity index (χ4v) is 5.19. The summed E-state index contributed by atoms with van der Waals surface area (Å²) in [5.41, 5.74) is 2.61. The third-order valence-electron chi connectivity index (χ3n) is 6.05. The average Bonchev–Trinajstić information content (AvgIpc) is 3.48. The average molecular weight is 538 g/mol. The number of hydrogen-bond acceptors (Lipinski definition) is 3. The van der Waals surface area contributed by atoms with Crippen LogP contribution in [0.15, 0.2) is 46.8 Å². The molecule has 2 aromatic rings. The molecular weight excluding hydrogens is 507 g/mol. The van der Waals surface area contributed by atoms with E-state index in [1.54, 1.807) is 11.3 Å². The van der Waals surface area contributed by atoms with Crippen LogP contribution >= 0.6 is 35.3 Å². The number of nitrogens with one attached hydrogen (secondary N) is 1. The van der Waals surface area contributed by atoms with Gasteiger partial charge >= 0.3 is 0 Å². The number of amides is 1. The highest BCUT2D eigenvalue weighted by atomic mass is 127. The molecular formula is C23H31IN4OS. The second-order valence-corrected chi connectivity index (χ2v) is 8.96. The molecule has 1 amide bonds. The Bertz CT molecular complexity index is 870. The number of likely N-dealkylation sites (tertiary alicyclic amines) is 1. The highest BCUT2D eigenvalue weighted by Crippen LogP contribution is 2.38. The van der Waals surface area contributed by atoms with Crippen LogP contribution in [0.4, 0.5) is 5.69 Å². The van der Waals surface area contributed by atoms with Crippen molar-refractivity contribution in [3.63, 3.8) is 0 Å². The first-order valence-corrected chi connectivity index (χ1v) is 11.4. The number of anilines is 1. The van der Waals surface area contributed by atoms with Crippen molar-refractivity contribution < 1.29 is 4.79 Å². The molecule has 0 saturated carbocycles. The number of halogens is 1. The molecule has 0 bridgehead atoms. The zero-order valence-corrected chi connectivity index (χ0v) is 20.9. The number of aliphatic imine (C=N–C) groups is 1. The van der Waals surface area contributed by atoms with E-state index in [4.69, 9.17) is 0 Å². The number of para-hydroxylation sites is 1. The van der Waals surface area contributed by atoms with Crippen LogP contribution in [0, 0.1) is 0 Å². The second-order valence-electron chi connectivity index (χ2n) is 7.98. The van der Waals surface area contributed by atoms with E-state index in [1.165, 1.54) is 16.1 Å². The maximum atomic E-state index is 12.0. The lowest BCUT2D eigenvalue weighted by atomic mass is 9.98. The van der Waals surface area contributed by atoms with Gasteiger partial charge in [-0.2, -0.15) is 0 Å². The van der Waals surface area contributed by atoms with Crippen molar-refractivity contribution in [1.82, 2.24) is 10.2 Å². The van der Waals surface area contributed by atoms with Crippen LogP contribution in [0.5, 0.6) is 0 Å². The number of thiophene rings is 1. The Labute approximate surface area is 200 Å². The minimum atomic E-state index is 0. The van der Waals surface area contributed by atoms with Gasteiger partial charge in [-0.05, 0) is 35.9 Å². The Balaban J connectivity index is 0.00000256. The van der Waals surface area contributed by atoms with Crippen LogP contribution in [0.25, 0.3) is 0 Å². The van der Waals surface area contributed by atoms with Gasteiger partial charge in [0.1, 0.15) is 0 Å². The Morgan fingerprint density at radius 3 is 2.83 bits per heavy atom. The Morgan fingerprint density at radius 1 is 1.30 bits per heavy atom. The van der Waals surface area contributed by atoms with Crippen molar-refractivity contribution in [2.24, 2.45) is 4.99 Å². The zero-order valence-electron chi connectivity index (χ0n) is 17.7. The largest absolute Gasteiger partial charge is 0.355 e. The van der Waals surface area contributed by atoms with Crippen LogP contribution < -0.4 is 10.2 Å². The molecule has 2 atom stereocenters. The van der Waals surface area contributed by atoms with E-state index in [9.17, 15) is 4.79 Å². The van der Waals surface area contributed by atoms with Gasteiger partial charge in [0.15, 0.2) is 5.96 Å². The van der Waals surface area contributed by atoms with Crippen molar-refractivity contribution >= 4 is 52.9 Å². The summed E-state index contributed by atoms with van der Waals surface area (Å²) in [7, 11) is 1.86. The van der Waals surface area contributed by atoms with Crippen molar-refractivity contribution in [1.29, 1.82) is 0 Å². The minimum Gasteiger partial charge on any atom is -0.355 e. The maximum Gasteiger partial charge on any atom is 0.222 e. The van der Waals surface area contributed by atoms with Gasteiger partial charge in [0.2, 0.25) is 5.91 Å². The van der Waals surface area contributed by atoms with Crippen LogP contribution in [-0.4, -0.2) is 50.0 Å². The lowest BCUT2D eigenvalue weighted by Gasteiger charge is -2.24. The first-order chi connectivity index (χ1) is 14.2. The molecule has 3 heterocycles. The number of carbonyl (C=O) groups excluding carboxylic acids is 1. The predicted molar refractivity (Wildman–Crippen MR) is 136 cm³/mol. The number of hydrogen-bond donors (Lipinski definition) is 1. The van der Waals surface area contributed by atoms with Crippen LogP contribution in [-0.2, 0) is 4.79 Å². The maximum absolute atomic E-state index is 12.0. The third kappa shape index (κ3) is 4.99. The first-order valence-electron chi connectivity index (χ1n) is 10.6. The molecule has 1 saturated heterocycles. The van der Waals surface area contributed by atoms with Gasteiger partial charge in [0.25, 0.3) is 0 Å². The predicted octanol–water partition coefficient (Wildman–Crippen LogP) is 4.66. The van der Waals surface area contributed by atoms with Gasteiger partial charge in [-0.3, -0.25) is 9.79 Å². The molecule has 2 unspecified atom stereocenters. The number of nitrogens with zero attached hydrogens (tertiary/aromatic N) is 3. The molecule has 1 N–H and O–H groups in total. The highest BCUT2D eigenvalue weighted by molar-refractivity contribution is 14.0. The van der Waals surface area contributed by atoms with Gasteiger partial charge in [-0.15, -0.1) is 35.3 Å². The van der Waals surface area contributed by atoms with Crippen LogP contribution in [0.1, 0.15) is 48.5 Å². The molecule has 1 aromatic heterocycles. The molecule has 0 aliphatic carbocycles. The van der Waals surface area contributed by atoms with Gasteiger partial charge in [0.05, 0.1) is 0 Å². The number of benzene rings is 1. The molecule has 2 aliphatic rings. The molecule has 1 fully saturated rings. The summed E-state index contributed by atoms with van der Waals surface area (Å²) >= 11 is 1.80. The summed E-state index contributed by atoms with van der Waals surface area (Å²) in [6.45, 7) is 5.79. The molecule has 2 aliphatic heterocycles. The molecule has 1 aromatic carbocycles. The summed E-state index contributed by atoms with van der Waals surface area (Å²) in [4.78, 5) is 22.3. The number of guanidine groups is 1. The Morgan fingerprint density at radius 2 is 2.13 bits per heavy atom. The van der Waals surface area contributed by atoms with Crippen molar-refractivity contribution in [2.75, 3.05) is 38.1 Å². The molecule has 4 rings (SSSR count). The molecule has 162 valence electrons. The first kappa shape index (κ1) is 23.1. The lowest BCUT2D eigenvalue weighted by molar-refractivity contribution is -0.127. The van der Waals surface area contributed by atoms with E-state index in [2.05, 4.69) is 63.9 Å². The summed E-state index contributed by atoms with van der Waals surface area (Å²) < 4.78 is 0. The summed E-state index contributed by atoms with van der Waals surface area (Å²) in [5, 5.41) is 5.72. The zero-order chi connectivity index (χ0) is 20.2. The fourth-order valence-electron chi connectivity index (χ4n) is 4.41. The number of rotatable bonds is 6. The molecule has 0 radical (unpaired) electrons. The Hall–Kier alpha value is -1.61. The molecule has 0 spiro atoms. The van der Waals surface area contributed by atoms with Crippen LogP contribution in [0.3, 0.4) is 0 Å². The van der Waals surface area contributed by atoms with E-state index in [0.717, 1.165) is 45.0 Å². The summed E-state index contributed by atoms with van der Waals surface area (Å²) in [6.07, 6.45) is 2.72. The smallest absolute Gasteiger partial charge is 0.222 e. The second kappa shape index (κ2) is 10.6. The molecule has 7 heteroatoms. The topological polar surface area (TPSA) is 47.9 Å². The minimum absolute atomic E-state index is 0. The summed E-state index contributed by atoms with van der Waals surface area (Å²) in [6, 6.07) is 12.9. The van der Waals surface area contributed by atoms with E-state index in [-0.39, 0.29) is 24.0 Å². The SMILES string of the molecule is CN=C(NCC(C)c1cccs1)N1CC(CCN2CCCC2=O)c2ccccc21.I. The van der Waals surface area contributed by atoms with E-state index < -0.39 is 0 Å². The standard InChI is InChI=1S/C23H30N4OS.HI/c1-17(21-9-6-14-29-21)15-25-23(24-2)27-16-18(19-7-3-4-8-20(19)27)11-13-26-12-5-10-22(26)28;/h3-4,6-9,14,17-18H,5,10-13,15-16H2,1-2H3,(H,24,25);1H. The van der Waals surface area contributed by atoms with Gasteiger partial charge in [0, 0.05) is 62.0 Å². The van der Waals surface area contributed by atoms with Crippen molar-refractivity contribution in [2.45, 2.75) is 38.0 Å². The van der Waals surface area contributed by atoms with E-state index in [0.29, 0.717) is 24.2 Å². The lowest BCUT2D eigenvalue weighted by Crippen LogP contribution is -2.42. The molecule has 5 nitrogen and oxygen atoms in total. The monoisotopic (exact) mass is 538 g/mol. The Kier molecular flexibility index (Phi) is 8.16. The van der Waals surface area contributed by atoms with Crippen molar-refractivity contribution in [3.8, 4) is 0 Å². The third-order valence-corrected chi connectivity index (χ3v) is 7.16. The summed E-state index contributed by atoms with van der Waals surface area (Å²) in [5.74, 6) is 2.11. The number of carbonyl (C=O) groups is 1. The van der Waals surface area contributed by atoms with Crippen LogP contribution in [0.2, 0.25) is 0 Å². The highest BCUT2D eigenvalue weighted by Gasteiger charge is 2.32. The van der Waals surface area contributed by atoms with Gasteiger partial charge in [-0.1, -0.05) is 31.2 Å². The fraction of sp³-hybridized carbons (Fsp3) is 0.478.